The minimum absolute atomic E-state index is 0.142. The van der Waals surface area contributed by atoms with Crippen LogP contribution in [0.5, 0.6) is 0 Å². The standard InChI is InChI=1S/C10H12O2/c1-8(2)10(12-11)9-6-4-3-5-7-9/h3-7,10-11H,1H2,2H3/i2D3. The molecule has 0 bridgehead atoms. The van der Waals surface area contributed by atoms with Crippen molar-refractivity contribution in [2.24, 2.45) is 0 Å². The van der Waals surface area contributed by atoms with E-state index in [-0.39, 0.29) is 5.57 Å². The lowest BCUT2D eigenvalue weighted by Gasteiger charge is -2.12. The second-order valence-corrected chi connectivity index (χ2v) is 2.42. The first-order valence-electron chi connectivity index (χ1n) is 5.01. The Labute approximate surface area is 76.3 Å². The fourth-order valence-corrected chi connectivity index (χ4v) is 0.953. The molecule has 1 aromatic carbocycles. The van der Waals surface area contributed by atoms with Crippen LogP contribution in [0.25, 0.3) is 0 Å². The monoisotopic (exact) mass is 167 g/mol. The van der Waals surface area contributed by atoms with Crippen molar-refractivity contribution in [1.29, 1.82) is 0 Å². The van der Waals surface area contributed by atoms with Crippen LogP contribution in [-0.4, -0.2) is 5.26 Å². The summed E-state index contributed by atoms with van der Waals surface area (Å²) in [4.78, 5) is 4.17. The van der Waals surface area contributed by atoms with E-state index in [9.17, 15) is 0 Å². The van der Waals surface area contributed by atoms with Crippen molar-refractivity contribution in [3.8, 4) is 0 Å². The van der Waals surface area contributed by atoms with Gasteiger partial charge in [0.1, 0.15) is 6.10 Å². The number of hydrogen-bond acceptors (Lipinski definition) is 2. The van der Waals surface area contributed by atoms with E-state index in [0.29, 0.717) is 5.56 Å². The molecule has 0 fully saturated rings. The summed E-state index contributed by atoms with van der Waals surface area (Å²) in [7, 11) is 0. The highest BCUT2D eigenvalue weighted by atomic mass is 17.1. The van der Waals surface area contributed by atoms with E-state index in [1.165, 1.54) is 0 Å². The van der Waals surface area contributed by atoms with E-state index < -0.39 is 13.0 Å². The predicted octanol–water partition coefficient (Wildman–Crippen LogP) is 2.79. The lowest BCUT2D eigenvalue weighted by Crippen LogP contribution is -2.01. The Balaban J connectivity index is 2.96. The van der Waals surface area contributed by atoms with Gasteiger partial charge in [-0.3, -0.25) is 5.26 Å². The molecule has 0 radical (unpaired) electrons. The normalized spacial score (nSPS) is 17.2. The smallest absolute Gasteiger partial charge is 0.138 e. The zero-order valence-corrected chi connectivity index (χ0v) is 6.53. The minimum atomic E-state index is -2.34. The van der Waals surface area contributed by atoms with Crippen LogP contribution >= 0.6 is 0 Å². The fraction of sp³-hybridized carbons (Fsp3) is 0.200. The summed E-state index contributed by atoms with van der Waals surface area (Å²) < 4.78 is 21.5. The SMILES string of the molecule is [2H]C([2H])([2H])C(=C)C(OO)c1ccccc1. The van der Waals surface area contributed by atoms with Gasteiger partial charge in [-0.1, -0.05) is 36.9 Å². The summed E-state index contributed by atoms with van der Waals surface area (Å²) in [5.74, 6) is 0. The first kappa shape index (κ1) is 5.51. The zero-order valence-electron chi connectivity index (χ0n) is 9.53. The molecular formula is C10H12O2. The molecule has 0 saturated carbocycles. The molecule has 0 saturated heterocycles. The molecule has 0 amide bonds. The van der Waals surface area contributed by atoms with Gasteiger partial charge in [0, 0.05) is 4.11 Å². The van der Waals surface area contributed by atoms with Gasteiger partial charge in [0.05, 0.1) is 0 Å². The Kier molecular flexibility index (Phi) is 1.86. The highest BCUT2D eigenvalue weighted by molar-refractivity contribution is 5.23. The molecule has 0 aliphatic carbocycles. The second kappa shape index (κ2) is 4.04. The topological polar surface area (TPSA) is 29.5 Å². The van der Waals surface area contributed by atoms with Crippen LogP contribution in [0.2, 0.25) is 0 Å². The molecule has 64 valence electrons. The molecule has 0 aliphatic heterocycles. The molecule has 0 heterocycles. The third kappa shape index (κ3) is 1.94. The Bertz CT molecular complexity index is 332. The molecule has 1 rings (SSSR count). The molecule has 12 heavy (non-hydrogen) atoms. The summed E-state index contributed by atoms with van der Waals surface area (Å²) in [6.07, 6.45) is -1.02. The van der Waals surface area contributed by atoms with Crippen LogP contribution in [0.15, 0.2) is 42.5 Å². The maximum absolute atomic E-state index is 8.70. The summed E-state index contributed by atoms with van der Waals surface area (Å²) in [5, 5.41) is 8.70. The van der Waals surface area contributed by atoms with Crippen LogP contribution in [0, 0.1) is 0 Å². The summed E-state index contributed by atoms with van der Waals surface area (Å²) in [5.41, 5.74) is 0.414. The quantitative estimate of drug-likeness (QED) is 0.426. The number of benzene rings is 1. The maximum atomic E-state index is 8.70. The van der Waals surface area contributed by atoms with E-state index in [1.54, 1.807) is 30.3 Å². The zero-order chi connectivity index (χ0) is 11.5. The highest BCUT2D eigenvalue weighted by Gasteiger charge is 2.11. The van der Waals surface area contributed by atoms with E-state index in [4.69, 9.17) is 9.37 Å². The van der Waals surface area contributed by atoms with Crippen molar-refractivity contribution in [3.63, 3.8) is 0 Å². The molecule has 1 atom stereocenters. The first-order chi connectivity index (χ1) is 6.96. The van der Waals surface area contributed by atoms with Crippen molar-refractivity contribution >= 4 is 0 Å². The van der Waals surface area contributed by atoms with Gasteiger partial charge in [0.15, 0.2) is 0 Å². The molecule has 2 heteroatoms. The molecular weight excluding hydrogens is 152 g/mol. The molecule has 1 unspecified atom stereocenters. The second-order valence-electron chi connectivity index (χ2n) is 2.42. The lowest BCUT2D eigenvalue weighted by molar-refractivity contribution is -0.271. The Morgan fingerprint density at radius 2 is 2.25 bits per heavy atom. The Morgan fingerprint density at radius 3 is 2.75 bits per heavy atom. The van der Waals surface area contributed by atoms with Crippen molar-refractivity contribution < 1.29 is 14.3 Å². The first-order valence-corrected chi connectivity index (χ1v) is 3.51. The molecule has 1 N–H and O–H groups in total. The van der Waals surface area contributed by atoms with Gasteiger partial charge >= 0.3 is 0 Å². The number of hydrogen-bond donors (Lipinski definition) is 1. The van der Waals surface area contributed by atoms with Gasteiger partial charge in [-0.15, -0.1) is 0 Å². The minimum Gasteiger partial charge on any atom is -0.251 e. The summed E-state index contributed by atoms with van der Waals surface area (Å²) >= 11 is 0. The van der Waals surface area contributed by atoms with Gasteiger partial charge in [0.25, 0.3) is 0 Å². The van der Waals surface area contributed by atoms with Gasteiger partial charge in [-0.2, -0.15) is 0 Å². The van der Waals surface area contributed by atoms with Crippen LogP contribution in [0.3, 0.4) is 0 Å². The third-order valence-electron chi connectivity index (χ3n) is 1.52. The molecule has 1 aromatic rings. The molecule has 2 nitrogen and oxygen atoms in total. The Hall–Kier alpha value is -1.12. The third-order valence-corrected chi connectivity index (χ3v) is 1.52. The predicted molar refractivity (Wildman–Crippen MR) is 47.7 cm³/mol. The number of rotatable bonds is 3. The largest absolute Gasteiger partial charge is 0.251 e. The van der Waals surface area contributed by atoms with E-state index in [2.05, 4.69) is 11.5 Å². The molecule has 0 spiro atoms. The molecule has 0 aliphatic rings. The summed E-state index contributed by atoms with van der Waals surface area (Å²) in [6, 6.07) is 8.58. The van der Waals surface area contributed by atoms with Crippen LogP contribution in [0.4, 0.5) is 0 Å². The van der Waals surface area contributed by atoms with Crippen molar-refractivity contribution in [3.05, 3.63) is 48.0 Å². The average molecular weight is 167 g/mol. The average Bonchev–Trinajstić information content (AvgIpc) is 2.19. The van der Waals surface area contributed by atoms with Crippen LogP contribution < -0.4 is 0 Å². The van der Waals surface area contributed by atoms with Crippen molar-refractivity contribution in [2.75, 3.05) is 0 Å². The summed E-state index contributed by atoms with van der Waals surface area (Å²) in [6.45, 7) is 1.08. The van der Waals surface area contributed by atoms with Gasteiger partial charge in [-0.25, -0.2) is 4.89 Å². The molecule has 0 aromatic heterocycles. The maximum Gasteiger partial charge on any atom is 0.138 e. The van der Waals surface area contributed by atoms with E-state index in [0.717, 1.165) is 0 Å². The van der Waals surface area contributed by atoms with E-state index in [1.807, 2.05) is 0 Å². The fourth-order valence-electron chi connectivity index (χ4n) is 0.953. The van der Waals surface area contributed by atoms with E-state index >= 15 is 0 Å². The van der Waals surface area contributed by atoms with Gasteiger partial charge in [-0.05, 0) is 18.0 Å². The van der Waals surface area contributed by atoms with Crippen molar-refractivity contribution in [1.82, 2.24) is 0 Å². The Morgan fingerprint density at radius 1 is 1.58 bits per heavy atom. The van der Waals surface area contributed by atoms with Crippen LogP contribution in [-0.2, 0) is 4.89 Å². The van der Waals surface area contributed by atoms with Gasteiger partial charge in [0.2, 0.25) is 0 Å². The lowest BCUT2D eigenvalue weighted by atomic mass is 10.0. The van der Waals surface area contributed by atoms with Crippen LogP contribution in [0.1, 0.15) is 22.6 Å². The van der Waals surface area contributed by atoms with Gasteiger partial charge < -0.3 is 0 Å². The van der Waals surface area contributed by atoms with Crippen molar-refractivity contribution in [2.45, 2.75) is 13.0 Å². The highest BCUT2D eigenvalue weighted by Crippen LogP contribution is 2.22.